The third kappa shape index (κ3) is 1.73. The van der Waals surface area contributed by atoms with Crippen LogP contribution >= 0.6 is 0 Å². The highest BCUT2D eigenvalue weighted by molar-refractivity contribution is 5.66. The van der Waals surface area contributed by atoms with Crippen molar-refractivity contribution in [2.75, 3.05) is 23.7 Å². The molecule has 5 heteroatoms. The molecule has 0 aliphatic carbocycles. The number of anilines is 2. The van der Waals surface area contributed by atoms with E-state index >= 15 is 0 Å². The lowest BCUT2D eigenvalue weighted by atomic mass is 10.2. The first kappa shape index (κ1) is 10.1. The summed E-state index contributed by atoms with van der Waals surface area (Å²) < 4.78 is 26.0. The van der Waals surface area contributed by atoms with Gasteiger partial charge in [-0.1, -0.05) is 0 Å². The van der Waals surface area contributed by atoms with Gasteiger partial charge in [0.15, 0.2) is 18.2 Å². The standard InChI is InChI=1S/C10H13F2N3/c1-6-2-3-14-10(9(6)13)15-4-7(11)8(12)5-15/h2-3,7-8H,4-5,13H2,1H3. The van der Waals surface area contributed by atoms with Crippen LogP contribution in [-0.2, 0) is 0 Å². The highest BCUT2D eigenvalue weighted by atomic mass is 19.2. The number of nitrogens with two attached hydrogens (primary N) is 1. The van der Waals surface area contributed by atoms with Crippen molar-refractivity contribution in [3.8, 4) is 0 Å². The molecule has 0 bridgehead atoms. The Balaban J connectivity index is 2.27. The number of rotatable bonds is 1. The number of alkyl halides is 2. The van der Waals surface area contributed by atoms with Gasteiger partial charge in [-0.15, -0.1) is 0 Å². The van der Waals surface area contributed by atoms with Crippen molar-refractivity contribution in [2.45, 2.75) is 19.3 Å². The van der Waals surface area contributed by atoms with Gasteiger partial charge >= 0.3 is 0 Å². The molecule has 3 nitrogen and oxygen atoms in total. The summed E-state index contributed by atoms with van der Waals surface area (Å²) in [7, 11) is 0. The van der Waals surface area contributed by atoms with E-state index in [1.165, 1.54) is 0 Å². The third-order valence-electron chi connectivity index (χ3n) is 2.67. The number of hydrogen-bond acceptors (Lipinski definition) is 3. The molecule has 82 valence electrons. The zero-order valence-electron chi connectivity index (χ0n) is 8.45. The van der Waals surface area contributed by atoms with Crippen LogP contribution in [0, 0.1) is 6.92 Å². The second kappa shape index (κ2) is 3.64. The lowest BCUT2D eigenvalue weighted by Gasteiger charge is -2.18. The summed E-state index contributed by atoms with van der Waals surface area (Å²) >= 11 is 0. The Labute approximate surface area is 86.9 Å². The van der Waals surface area contributed by atoms with Crippen LogP contribution in [0.3, 0.4) is 0 Å². The summed E-state index contributed by atoms with van der Waals surface area (Å²) in [5, 5.41) is 0. The molecule has 1 aromatic heterocycles. The van der Waals surface area contributed by atoms with E-state index in [9.17, 15) is 8.78 Å². The SMILES string of the molecule is Cc1ccnc(N2CC(F)C(F)C2)c1N. The minimum absolute atomic E-state index is 0.0296. The van der Waals surface area contributed by atoms with Crippen LogP contribution in [0.1, 0.15) is 5.56 Å². The van der Waals surface area contributed by atoms with Crippen molar-refractivity contribution in [3.63, 3.8) is 0 Å². The highest BCUT2D eigenvalue weighted by Gasteiger charge is 2.34. The second-order valence-electron chi connectivity index (χ2n) is 3.80. The number of pyridine rings is 1. The molecular weight excluding hydrogens is 200 g/mol. The predicted octanol–water partition coefficient (Wildman–Crippen LogP) is 1.47. The molecule has 2 heterocycles. The van der Waals surface area contributed by atoms with E-state index in [4.69, 9.17) is 5.73 Å². The van der Waals surface area contributed by atoms with Gasteiger partial charge in [0.05, 0.1) is 18.8 Å². The van der Waals surface area contributed by atoms with Crippen LogP contribution in [0.2, 0.25) is 0 Å². The Bertz CT molecular complexity index is 360. The number of nitrogen functional groups attached to an aromatic ring is 1. The highest BCUT2D eigenvalue weighted by Crippen LogP contribution is 2.28. The van der Waals surface area contributed by atoms with Crippen LogP contribution in [-0.4, -0.2) is 30.4 Å². The van der Waals surface area contributed by atoms with E-state index in [1.54, 1.807) is 17.2 Å². The summed E-state index contributed by atoms with van der Waals surface area (Å²) in [6.45, 7) is 1.90. The van der Waals surface area contributed by atoms with E-state index in [0.717, 1.165) is 5.56 Å². The number of hydrogen-bond donors (Lipinski definition) is 1. The Morgan fingerprint density at radius 2 is 2.00 bits per heavy atom. The summed E-state index contributed by atoms with van der Waals surface area (Å²) in [4.78, 5) is 5.61. The Kier molecular flexibility index (Phi) is 2.46. The molecule has 2 unspecified atom stereocenters. The molecule has 0 radical (unpaired) electrons. The van der Waals surface area contributed by atoms with Gasteiger partial charge in [-0.2, -0.15) is 0 Å². The molecule has 0 amide bonds. The fraction of sp³-hybridized carbons (Fsp3) is 0.500. The molecule has 0 spiro atoms. The average molecular weight is 213 g/mol. The van der Waals surface area contributed by atoms with Crippen molar-refractivity contribution >= 4 is 11.5 Å². The topological polar surface area (TPSA) is 42.2 Å². The first-order chi connectivity index (χ1) is 7.09. The second-order valence-corrected chi connectivity index (χ2v) is 3.80. The van der Waals surface area contributed by atoms with Gasteiger partial charge < -0.3 is 10.6 Å². The first-order valence-corrected chi connectivity index (χ1v) is 4.83. The van der Waals surface area contributed by atoms with E-state index in [-0.39, 0.29) is 13.1 Å². The van der Waals surface area contributed by atoms with Gasteiger partial charge in [-0.05, 0) is 18.6 Å². The lowest BCUT2D eigenvalue weighted by molar-refractivity contribution is 0.217. The normalized spacial score (nSPS) is 25.9. The van der Waals surface area contributed by atoms with Gasteiger partial charge in [-0.3, -0.25) is 0 Å². The summed E-state index contributed by atoms with van der Waals surface area (Å²) in [6, 6.07) is 1.77. The maximum Gasteiger partial charge on any atom is 0.152 e. The third-order valence-corrected chi connectivity index (χ3v) is 2.67. The maximum absolute atomic E-state index is 13.0. The molecule has 1 aliphatic rings. The van der Waals surface area contributed by atoms with Crippen molar-refractivity contribution in [2.24, 2.45) is 0 Å². The zero-order chi connectivity index (χ0) is 11.0. The number of halogens is 2. The quantitative estimate of drug-likeness (QED) is 0.768. The van der Waals surface area contributed by atoms with Gasteiger partial charge in [0.2, 0.25) is 0 Å². The fourth-order valence-electron chi connectivity index (χ4n) is 1.70. The van der Waals surface area contributed by atoms with Gasteiger partial charge in [0.25, 0.3) is 0 Å². The molecule has 2 atom stereocenters. The zero-order valence-corrected chi connectivity index (χ0v) is 8.45. The van der Waals surface area contributed by atoms with Crippen LogP contribution in [0.4, 0.5) is 20.3 Å². The molecule has 1 saturated heterocycles. The molecule has 15 heavy (non-hydrogen) atoms. The van der Waals surface area contributed by atoms with Crippen LogP contribution in [0.25, 0.3) is 0 Å². The Morgan fingerprint density at radius 1 is 1.40 bits per heavy atom. The molecule has 2 rings (SSSR count). The van der Waals surface area contributed by atoms with Gasteiger partial charge in [-0.25, -0.2) is 13.8 Å². The molecule has 1 fully saturated rings. The first-order valence-electron chi connectivity index (χ1n) is 4.83. The largest absolute Gasteiger partial charge is 0.396 e. The lowest BCUT2D eigenvalue weighted by Crippen LogP contribution is -2.23. The van der Waals surface area contributed by atoms with Crippen LogP contribution in [0.15, 0.2) is 12.3 Å². The maximum atomic E-state index is 13.0. The van der Waals surface area contributed by atoms with E-state index < -0.39 is 12.3 Å². The number of nitrogens with zero attached hydrogens (tertiary/aromatic N) is 2. The summed E-state index contributed by atoms with van der Waals surface area (Å²) in [5.74, 6) is 0.484. The Morgan fingerprint density at radius 3 is 2.60 bits per heavy atom. The molecule has 2 N–H and O–H groups in total. The molecule has 1 aromatic rings. The van der Waals surface area contributed by atoms with Crippen molar-refractivity contribution in [1.29, 1.82) is 0 Å². The predicted molar refractivity (Wildman–Crippen MR) is 55.4 cm³/mol. The van der Waals surface area contributed by atoms with Gasteiger partial charge in [0, 0.05) is 6.20 Å². The molecule has 0 aromatic carbocycles. The monoisotopic (exact) mass is 213 g/mol. The minimum atomic E-state index is -1.44. The average Bonchev–Trinajstić information content (AvgIpc) is 2.51. The molecular formula is C10H13F2N3. The minimum Gasteiger partial charge on any atom is -0.396 e. The van der Waals surface area contributed by atoms with Gasteiger partial charge in [0.1, 0.15) is 0 Å². The van der Waals surface area contributed by atoms with E-state index in [0.29, 0.717) is 11.5 Å². The van der Waals surface area contributed by atoms with Crippen LogP contribution < -0.4 is 10.6 Å². The van der Waals surface area contributed by atoms with E-state index in [2.05, 4.69) is 4.98 Å². The van der Waals surface area contributed by atoms with E-state index in [1.807, 2.05) is 6.92 Å². The van der Waals surface area contributed by atoms with Crippen molar-refractivity contribution in [3.05, 3.63) is 17.8 Å². The Hall–Kier alpha value is -1.39. The number of aromatic nitrogens is 1. The summed E-state index contributed by atoms with van der Waals surface area (Å²) in [5.41, 5.74) is 7.18. The summed E-state index contributed by atoms with van der Waals surface area (Å²) in [6.07, 6.45) is -1.28. The van der Waals surface area contributed by atoms with Crippen LogP contribution in [0.5, 0.6) is 0 Å². The number of aryl methyl sites for hydroxylation is 1. The van der Waals surface area contributed by atoms with Crippen molar-refractivity contribution < 1.29 is 8.78 Å². The fourth-order valence-corrected chi connectivity index (χ4v) is 1.70. The smallest absolute Gasteiger partial charge is 0.152 e. The van der Waals surface area contributed by atoms with Crippen molar-refractivity contribution in [1.82, 2.24) is 4.98 Å². The molecule has 0 saturated carbocycles. The molecule has 1 aliphatic heterocycles.